The molecule has 31 heavy (non-hydrogen) atoms. The monoisotopic (exact) mass is 492 g/mol. The van der Waals surface area contributed by atoms with Gasteiger partial charge in [-0.3, -0.25) is 10.2 Å². The molecule has 0 aromatic heterocycles. The number of ether oxygens (including phenoxy) is 2. The van der Waals surface area contributed by atoms with E-state index in [0.29, 0.717) is 6.42 Å². The second-order valence-electron chi connectivity index (χ2n) is 7.58. The molecule has 0 aliphatic carbocycles. The Labute approximate surface area is 195 Å². The van der Waals surface area contributed by atoms with E-state index >= 15 is 0 Å². The van der Waals surface area contributed by atoms with Gasteiger partial charge in [-0.05, 0) is 30.9 Å². The van der Waals surface area contributed by atoms with E-state index in [1.807, 2.05) is 30.3 Å². The summed E-state index contributed by atoms with van der Waals surface area (Å²) in [5.41, 5.74) is 0.910. The number of benzene rings is 1. The van der Waals surface area contributed by atoms with Crippen molar-refractivity contribution in [3.8, 4) is 0 Å². The minimum atomic E-state index is -2.23. The lowest BCUT2D eigenvalue weighted by Crippen LogP contribution is -2.47. The van der Waals surface area contributed by atoms with Gasteiger partial charge in [0.05, 0.1) is 12.0 Å². The Morgan fingerprint density at radius 1 is 1.32 bits per heavy atom. The molecule has 1 aromatic rings. The van der Waals surface area contributed by atoms with E-state index in [4.69, 9.17) is 49.7 Å². The number of hydrogen-bond donors (Lipinski definition) is 1. The van der Waals surface area contributed by atoms with Crippen molar-refractivity contribution >= 4 is 52.7 Å². The number of alkyl halides is 3. The highest BCUT2D eigenvalue weighted by Crippen LogP contribution is 2.32. The number of halogens is 4. The normalized spacial score (nSPS) is 19.2. The number of imide groups is 1. The molecule has 170 valence electrons. The number of allylic oxidation sites excluding steroid dienone is 1. The molecule has 6 nitrogen and oxygen atoms in total. The van der Waals surface area contributed by atoms with E-state index in [1.165, 1.54) is 13.0 Å². The first-order valence-corrected chi connectivity index (χ1v) is 10.8. The number of amides is 2. The second kappa shape index (κ2) is 10.7. The lowest BCUT2D eigenvalue weighted by atomic mass is 9.98. The lowest BCUT2D eigenvalue weighted by Gasteiger charge is -2.29. The summed E-state index contributed by atoms with van der Waals surface area (Å²) < 4.78 is 23.0. The van der Waals surface area contributed by atoms with Gasteiger partial charge < -0.3 is 9.47 Å². The number of cyclic esters (lactones) is 1. The van der Waals surface area contributed by atoms with Crippen molar-refractivity contribution in [3.63, 3.8) is 0 Å². The third-order valence-electron chi connectivity index (χ3n) is 4.62. The number of rotatable bonds is 7. The molecule has 0 radical (unpaired) electrons. The van der Waals surface area contributed by atoms with Crippen molar-refractivity contribution in [2.24, 2.45) is 11.8 Å². The van der Waals surface area contributed by atoms with E-state index in [2.05, 4.69) is 0 Å². The van der Waals surface area contributed by atoms with Gasteiger partial charge in [0.15, 0.2) is 6.10 Å². The van der Waals surface area contributed by atoms with E-state index in [9.17, 15) is 14.0 Å². The molecule has 1 saturated heterocycles. The summed E-state index contributed by atoms with van der Waals surface area (Å²) in [6.07, 6.45) is -0.751. The summed E-state index contributed by atoms with van der Waals surface area (Å²) in [5, 5.41) is 7.79. The maximum absolute atomic E-state index is 14.9. The minimum Gasteiger partial charge on any atom is -0.467 e. The molecule has 1 fully saturated rings. The standard InChI is InChI=1S/C21H24Cl3FN2O4/c1-12(2)9-16(25)17(31-19(26)21(22,23)24)13(3)18(28)27-15(11-30-20(27)29)10-14-7-5-4-6-8-14/h4-9,12-13,15,17,26H,10-11H2,1-3H3/b16-9-,26-19?/t13-,15-,17-/m1/s1. The van der Waals surface area contributed by atoms with Crippen LogP contribution in [0.15, 0.2) is 42.2 Å². The molecule has 2 amide bonds. The number of carbonyl (C=O) groups excluding carboxylic acids is 2. The van der Waals surface area contributed by atoms with Crippen molar-refractivity contribution in [1.29, 1.82) is 5.41 Å². The lowest BCUT2D eigenvalue weighted by molar-refractivity contribution is -0.135. The smallest absolute Gasteiger partial charge is 0.416 e. The van der Waals surface area contributed by atoms with Gasteiger partial charge in [0.1, 0.15) is 12.4 Å². The number of nitrogens with one attached hydrogen (secondary N) is 1. The fourth-order valence-electron chi connectivity index (χ4n) is 3.12. The van der Waals surface area contributed by atoms with Crippen molar-refractivity contribution < 1.29 is 23.5 Å². The molecular weight excluding hydrogens is 470 g/mol. The van der Waals surface area contributed by atoms with E-state index in [0.717, 1.165) is 10.5 Å². The van der Waals surface area contributed by atoms with Crippen LogP contribution in [0, 0.1) is 17.2 Å². The molecular formula is C21H24Cl3FN2O4. The highest BCUT2D eigenvalue weighted by atomic mass is 35.6. The Balaban J connectivity index is 2.28. The molecule has 0 spiro atoms. The van der Waals surface area contributed by atoms with Crippen molar-refractivity contribution in [1.82, 2.24) is 4.90 Å². The van der Waals surface area contributed by atoms with Gasteiger partial charge >= 0.3 is 6.09 Å². The van der Waals surface area contributed by atoms with Crippen LogP contribution >= 0.6 is 34.8 Å². The molecule has 10 heteroatoms. The molecule has 1 heterocycles. The van der Waals surface area contributed by atoms with Crippen molar-refractivity contribution in [3.05, 3.63) is 47.8 Å². The van der Waals surface area contributed by atoms with Gasteiger partial charge in [0.2, 0.25) is 11.8 Å². The number of hydrogen-bond acceptors (Lipinski definition) is 5. The van der Waals surface area contributed by atoms with Gasteiger partial charge in [-0.1, -0.05) is 79.0 Å². The van der Waals surface area contributed by atoms with Crippen LogP contribution in [0.2, 0.25) is 0 Å². The fraction of sp³-hybridized carbons (Fsp3) is 0.476. The SMILES string of the molecule is CC(C)/C=C(\F)[C@H](OC(=N)C(Cl)(Cl)Cl)[C@@H](C)C(=O)N1C(=O)OC[C@H]1Cc1ccccc1. The third kappa shape index (κ3) is 6.82. The maximum atomic E-state index is 14.9. The highest BCUT2D eigenvalue weighted by Gasteiger charge is 2.44. The van der Waals surface area contributed by atoms with Crippen LogP contribution in [-0.2, 0) is 20.7 Å². The van der Waals surface area contributed by atoms with Crippen LogP contribution in [0.3, 0.4) is 0 Å². The zero-order valence-corrected chi connectivity index (χ0v) is 19.5. The van der Waals surface area contributed by atoms with Crippen molar-refractivity contribution in [2.75, 3.05) is 6.61 Å². The number of nitrogens with zero attached hydrogens (tertiary/aromatic N) is 1. The van der Waals surface area contributed by atoms with Gasteiger partial charge in [-0.25, -0.2) is 14.1 Å². The van der Waals surface area contributed by atoms with E-state index in [1.54, 1.807) is 13.8 Å². The van der Waals surface area contributed by atoms with Gasteiger partial charge in [-0.15, -0.1) is 0 Å². The fourth-order valence-corrected chi connectivity index (χ4v) is 3.25. The second-order valence-corrected chi connectivity index (χ2v) is 9.86. The Kier molecular flexibility index (Phi) is 8.74. The van der Waals surface area contributed by atoms with Crippen LogP contribution in [-0.4, -0.2) is 45.3 Å². The molecule has 0 bridgehead atoms. The Morgan fingerprint density at radius 3 is 2.48 bits per heavy atom. The van der Waals surface area contributed by atoms with Crippen LogP contribution in [0.25, 0.3) is 0 Å². The molecule has 1 aliphatic heterocycles. The first kappa shape index (κ1) is 25.4. The highest BCUT2D eigenvalue weighted by molar-refractivity contribution is 6.76. The van der Waals surface area contributed by atoms with E-state index < -0.39 is 45.6 Å². The van der Waals surface area contributed by atoms with Crippen LogP contribution in [0.1, 0.15) is 26.3 Å². The molecule has 0 saturated carbocycles. The molecule has 3 atom stereocenters. The summed E-state index contributed by atoms with van der Waals surface area (Å²) in [6, 6.07) is 8.73. The summed E-state index contributed by atoms with van der Waals surface area (Å²) in [6.45, 7) is 4.87. The van der Waals surface area contributed by atoms with Crippen LogP contribution < -0.4 is 0 Å². The van der Waals surface area contributed by atoms with Gasteiger partial charge in [0.25, 0.3) is 3.79 Å². The quantitative estimate of drug-likeness (QED) is 0.311. The molecule has 1 aromatic carbocycles. The molecule has 2 rings (SSSR count). The minimum absolute atomic E-state index is 0.0198. The zero-order chi connectivity index (χ0) is 23.3. The van der Waals surface area contributed by atoms with Crippen LogP contribution in [0.4, 0.5) is 9.18 Å². The maximum Gasteiger partial charge on any atom is 0.416 e. The number of carbonyl (C=O) groups is 2. The summed E-state index contributed by atoms with van der Waals surface area (Å²) in [5.74, 6) is -3.76. The molecule has 1 N–H and O–H groups in total. The Morgan fingerprint density at radius 2 is 1.94 bits per heavy atom. The summed E-state index contributed by atoms with van der Waals surface area (Å²) in [7, 11) is 0. The Hall–Kier alpha value is -1.83. The van der Waals surface area contributed by atoms with Gasteiger partial charge in [-0.2, -0.15) is 0 Å². The predicted molar refractivity (Wildman–Crippen MR) is 118 cm³/mol. The predicted octanol–water partition coefficient (Wildman–Crippen LogP) is 5.45. The van der Waals surface area contributed by atoms with E-state index in [-0.39, 0.29) is 12.5 Å². The summed E-state index contributed by atoms with van der Waals surface area (Å²) >= 11 is 17.0. The molecule has 0 unspecified atom stereocenters. The average molecular weight is 494 g/mol. The summed E-state index contributed by atoms with van der Waals surface area (Å²) in [4.78, 5) is 26.5. The average Bonchev–Trinajstić information content (AvgIpc) is 3.04. The topological polar surface area (TPSA) is 79.7 Å². The first-order chi connectivity index (χ1) is 14.4. The first-order valence-electron chi connectivity index (χ1n) is 9.65. The third-order valence-corrected chi connectivity index (χ3v) is 5.14. The van der Waals surface area contributed by atoms with Crippen molar-refractivity contribution in [2.45, 2.75) is 43.1 Å². The Bertz CT molecular complexity index is 843. The zero-order valence-electron chi connectivity index (χ0n) is 17.3. The molecule has 1 aliphatic rings. The van der Waals surface area contributed by atoms with Gasteiger partial charge in [0, 0.05) is 0 Å². The van der Waals surface area contributed by atoms with Crippen LogP contribution in [0.5, 0.6) is 0 Å². The largest absolute Gasteiger partial charge is 0.467 e.